The first kappa shape index (κ1) is 13.5. The molecule has 0 aliphatic rings. The van der Waals surface area contributed by atoms with E-state index in [-0.39, 0.29) is 11.2 Å². The van der Waals surface area contributed by atoms with Crippen LogP contribution in [0.4, 0.5) is 4.39 Å². The van der Waals surface area contributed by atoms with Gasteiger partial charge in [0.2, 0.25) is 0 Å². The van der Waals surface area contributed by atoms with Crippen LogP contribution in [-0.2, 0) is 10.2 Å². The Morgan fingerprint density at radius 3 is 2.35 bits per heavy atom. The first-order valence-corrected chi connectivity index (χ1v) is 5.31. The fraction of sp³-hybridized carbons (Fsp3) is 0.462. The molecule has 0 unspecified atom stereocenters. The highest BCUT2D eigenvalue weighted by Crippen LogP contribution is 2.36. The van der Waals surface area contributed by atoms with Gasteiger partial charge in [0.1, 0.15) is 17.1 Å². The van der Waals surface area contributed by atoms with Crippen LogP contribution in [0.3, 0.4) is 0 Å². The standard InChI is InChI=1S/C13H17FO3/c1-7-6-8(13(2,3)4)11(15)9(10(7)14)12(16)17-5/h6,15H,1-5H3. The molecule has 1 aromatic carbocycles. The van der Waals surface area contributed by atoms with Gasteiger partial charge in [-0.2, -0.15) is 0 Å². The van der Waals surface area contributed by atoms with E-state index in [2.05, 4.69) is 4.74 Å². The van der Waals surface area contributed by atoms with Crippen LogP contribution in [0.25, 0.3) is 0 Å². The van der Waals surface area contributed by atoms with Crippen molar-refractivity contribution in [1.82, 2.24) is 0 Å². The molecule has 94 valence electrons. The Hall–Kier alpha value is -1.58. The summed E-state index contributed by atoms with van der Waals surface area (Å²) < 4.78 is 18.3. The summed E-state index contributed by atoms with van der Waals surface area (Å²) in [6, 6.07) is 1.55. The number of rotatable bonds is 1. The van der Waals surface area contributed by atoms with Gasteiger partial charge in [0.25, 0.3) is 0 Å². The number of benzene rings is 1. The molecule has 0 heterocycles. The molecule has 0 atom stereocenters. The molecule has 0 amide bonds. The zero-order chi connectivity index (χ0) is 13.4. The Morgan fingerprint density at radius 1 is 1.41 bits per heavy atom. The monoisotopic (exact) mass is 240 g/mol. The average Bonchev–Trinajstić information content (AvgIpc) is 2.21. The second-order valence-corrected chi connectivity index (χ2v) is 5.02. The normalized spacial score (nSPS) is 11.4. The second-order valence-electron chi connectivity index (χ2n) is 5.02. The van der Waals surface area contributed by atoms with Crippen molar-refractivity contribution in [3.8, 4) is 5.75 Å². The number of phenolic OH excluding ortho intramolecular Hbond substituents is 1. The van der Waals surface area contributed by atoms with Crippen molar-refractivity contribution >= 4 is 5.97 Å². The van der Waals surface area contributed by atoms with E-state index in [1.807, 2.05) is 20.8 Å². The number of carbonyl (C=O) groups is 1. The van der Waals surface area contributed by atoms with Gasteiger partial charge < -0.3 is 9.84 Å². The number of methoxy groups -OCH3 is 1. The van der Waals surface area contributed by atoms with Crippen LogP contribution in [-0.4, -0.2) is 18.2 Å². The van der Waals surface area contributed by atoms with E-state index in [0.29, 0.717) is 11.1 Å². The van der Waals surface area contributed by atoms with Crippen LogP contribution in [0.2, 0.25) is 0 Å². The SMILES string of the molecule is COC(=O)c1c(O)c(C(C)(C)C)cc(C)c1F. The molecule has 0 spiro atoms. The summed E-state index contributed by atoms with van der Waals surface area (Å²) in [7, 11) is 1.15. The minimum Gasteiger partial charge on any atom is -0.507 e. The topological polar surface area (TPSA) is 46.5 Å². The summed E-state index contributed by atoms with van der Waals surface area (Å²) in [5.74, 6) is -1.94. The molecule has 4 heteroatoms. The first-order valence-electron chi connectivity index (χ1n) is 5.31. The largest absolute Gasteiger partial charge is 0.507 e. The van der Waals surface area contributed by atoms with Crippen molar-refractivity contribution in [2.45, 2.75) is 33.1 Å². The number of hydrogen-bond acceptors (Lipinski definition) is 3. The molecule has 0 aromatic heterocycles. The van der Waals surface area contributed by atoms with E-state index in [9.17, 15) is 14.3 Å². The van der Waals surface area contributed by atoms with Gasteiger partial charge in [0, 0.05) is 5.56 Å². The van der Waals surface area contributed by atoms with Gasteiger partial charge in [-0.1, -0.05) is 20.8 Å². The highest BCUT2D eigenvalue weighted by atomic mass is 19.1. The van der Waals surface area contributed by atoms with Crippen LogP contribution in [0.5, 0.6) is 5.75 Å². The number of phenols is 1. The summed E-state index contributed by atoms with van der Waals surface area (Å²) >= 11 is 0. The molecule has 17 heavy (non-hydrogen) atoms. The summed E-state index contributed by atoms with van der Waals surface area (Å²) in [6.45, 7) is 7.18. The first-order chi connectivity index (χ1) is 7.70. The predicted octanol–water partition coefficient (Wildman–Crippen LogP) is 2.92. The number of aryl methyl sites for hydroxylation is 1. The van der Waals surface area contributed by atoms with Gasteiger partial charge in [-0.05, 0) is 24.0 Å². The molecule has 0 fully saturated rings. The lowest BCUT2D eigenvalue weighted by molar-refractivity contribution is 0.0591. The van der Waals surface area contributed by atoms with Crippen LogP contribution in [0.1, 0.15) is 42.3 Å². The molecule has 0 aliphatic carbocycles. The summed E-state index contributed by atoms with van der Waals surface area (Å²) in [5.41, 5.74) is 0.0630. The van der Waals surface area contributed by atoms with E-state index >= 15 is 0 Å². The van der Waals surface area contributed by atoms with E-state index in [4.69, 9.17) is 0 Å². The second kappa shape index (κ2) is 4.35. The van der Waals surface area contributed by atoms with Gasteiger partial charge in [0.15, 0.2) is 0 Å². The van der Waals surface area contributed by atoms with Crippen LogP contribution in [0.15, 0.2) is 6.07 Å². The van der Waals surface area contributed by atoms with Crippen molar-refractivity contribution in [3.63, 3.8) is 0 Å². The average molecular weight is 240 g/mol. The minimum absolute atomic E-state index is 0.313. The molecule has 0 aliphatic heterocycles. The molecule has 0 saturated heterocycles. The van der Waals surface area contributed by atoms with Crippen molar-refractivity contribution in [3.05, 3.63) is 28.6 Å². The number of halogens is 1. The van der Waals surface area contributed by atoms with Gasteiger partial charge in [-0.15, -0.1) is 0 Å². The van der Waals surface area contributed by atoms with Gasteiger partial charge in [-0.3, -0.25) is 0 Å². The Bertz CT molecular complexity index is 459. The number of aromatic hydroxyl groups is 1. The molecule has 0 bridgehead atoms. The Morgan fingerprint density at radius 2 is 1.94 bits per heavy atom. The van der Waals surface area contributed by atoms with Crippen molar-refractivity contribution in [2.75, 3.05) is 7.11 Å². The molecule has 1 aromatic rings. The van der Waals surface area contributed by atoms with Crippen LogP contribution in [0, 0.1) is 12.7 Å². The van der Waals surface area contributed by atoms with Gasteiger partial charge in [0.05, 0.1) is 7.11 Å². The predicted molar refractivity (Wildman–Crippen MR) is 62.8 cm³/mol. The lowest BCUT2D eigenvalue weighted by Gasteiger charge is -2.22. The minimum atomic E-state index is -0.866. The molecule has 3 nitrogen and oxygen atoms in total. The smallest absolute Gasteiger partial charge is 0.344 e. The van der Waals surface area contributed by atoms with E-state index in [0.717, 1.165) is 7.11 Å². The Kier molecular flexibility index (Phi) is 3.45. The maximum absolute atomic E-state index is 13.8. The highest BCUT2D eigenvalue weighted by molar-refractivity contribution is 5.93. The summed E-state index contributed by atoms with van der Waals surface area (Å²) in [6.07, 6.45) is 0. The third kappa shape index (κ3) is 2.40. The fourth-order valence-electron chi connectivity index (χ4n) is 1.64. The molecular formula is C13H17FO3. The van der Waals surface area contributed by atoms with Crippen molar-refractivity contribution in [1.29, 1.82) is 0 Å². The lowest BCUT2D eigenvalue weighted by atomic mass is 9.84. The molecular weight excluding hydrogens is 223 g/mol. The number of esters is 1. The molecule has 0 saturated carbocycles. The number of ether oxygens (including phenoxy) is 1. The maximum Gasteiger partial charge on any atom is 0.344 e. The zero-order valence-electron chi connectivity index (χ0n) is 10.7. The Labute approximate surface area is 100 Å². The van der Waals surface area contributed by atoms with Gasteiger partial charge >= 0.3 is 5.97 Å². The third-order valence-electron chi connectivity index (χ3n) is 2.62. The van der Waals surface area contributed by atoms with Gasteiger partial charge in [-0.25, -0.2) is 9.18 Å². The maximum atomic E-state index is 13.8. The molecule has 0 radical (unpaired) electrons. The van der Waals surface area contributed by atoms with Crippen LogP contribution >= 0.6 is 0 Å². The quantitative estimate of drug-likeness (QED) is 0.768. The van der Waals surface area contributed by atoms with Crippen molar-refractivity contribution in [2.24, 2.45) is 0 Å². The third-order valence-corrected chi connectivity index (χ3v) is 2.62. The van der Waals surface area contributed by atoms with Crippen molar-refractivity contribution < 1.29 is 19.0 Å². The Balaban J connectivity index is 3.60. The van der Waals surface area contributed by atoms with E-state index < -0.39 is 17.3 Å². The highest BCUT2D eigenvalue weighted by Gasteiger charge is 2.27. The summed E-state index contributed by atoms with van der Waals surface area (Å²) in [4.78, 5) is 11.5. The fourth-order valence-corrected chi connectivity index (χ4v) is 1.64. The zero-order valence-corrected chi connectivity index (χ0v) is 10.7. The van der Waals surface area contributed by atoms with Crippen LogP contribution < -0.4 is 0 Å². The molecule has 1 rings (SSSR count). The number of hydrogen-bond donors (Lipinski definition) is 1. The lowest BCUT2D eigenvalue weighted by Crippen LogP contribution is -2.16. The van der Waals surface area contributed by atoms with E-state index in [1.165, 1.54) is 0 Å². The van der Waals surface area contributed by atoms with E-state index in [1.54, 1.807) is 13.0 Å². The molecule has 1 N–H and O–H groups in total. The number of carbonyl (C=O) groups excluding carboxylic acids is 1. The summed E-state index contributed by atoms with van der Waals surface area (Å²) in [5, 5.41) is 9.99.